The third-order valence-corrected chi connectivity index (χ3v) is 3.93. The zero-order valence-corrected chi connectivity index (χ0v) is 15.9. The van der Waals surface area contributed by atoms with Crippen molar-refractivity contribution in [1.82, 2.24) is 15.4 Å². The minimum absolute atomic E-state index is 0.315. The normalized spacial score (nSPS) is 11.0. The SMILES string of the molecule is CCOc1ccc(/C=N\NC(=O)c2ccc3[nH]c(=S)[nH]c3c2)cc1OCC. The minimum atomic E-state index is -0.315. The Morgan fingerprint density at radius 3 is 2.59 bits per heavy atom. The Morgan fingerprint density at radius 2 is 1.81 bits per heavy atom. The first-order valence-corrected chi connectivity index (χ1v) is 8.96. The van der Waals surface area contributed by atoms with Gasteiger partial charge in [0, 0.05) is 5.56 Å². The molecule has 0 spiro atoms. The maximum atomic E-state index is 12.3. The summed E-state index contributed by atoms with van der Waals surface area (Å²) in [5.41, 5.74) is 5.39. The first-order chi connectivity index (χ1) is 13.1. The Hall–Kier alpha value is -3.13. The number of amides is 1. The molecule has 0 saturated heterocycles. The number of ether oxygens (including phenoxy) is 2. The van der Waals surface area contributed by atoms with Gasteiger partial charge in [0.1, 0.15) is 0 Å². The molecule has 0 fully saturated rings. The van der Waals surface area contributed by atoms with Crippen molar-refractivity contribution < 1.29 is 14.3 Å². The molecule has 27 heavy (non-hydrogen) atoms. The number of hydrogen-bond donors (Lipinski definition) is 3. The number of nitrogens with zero attached hydrogens (tertiary/aromatic N) is 1. The summed E-state index contributed by atoms with van der Waals surface area (Å²) in [5, 5.41) is 4.02. The molecular formula is C19H20N4O3S. The van der Waals surface area contributed by atoms with Gasteiger partial charge in [-0.25, -0.2) is 5.43 Å². The molecule has 0 aliphatic heterocycles. The molecule has 3 N–H and O–H groups in total. The molecule has 0 bridgehead atoms. The predicted octanol–water partition coefficient (Wildman–Crippen LogP) is 3.79. The van der Waals surface area contributed by atoms with Crippen LogP contribution < -0.4 is 14.9 Å². The Bertz CT molecular complexity index is 1040. The number of fused-ring (bicyclic) bond motifs is 1. The number of aromatic amines is 2. The zero-order valence-electron chi connectivity index (χ0n) is 15.0. The molecule has 2 aromatic carbocycles. The lowest BCUT2D eigenvalue weighted by Crippen LogP contribution is -2.17. The Kier molecular flexibility index (Phi) is 5.87. The van der Waals surface area contributed by atoms with Crippen LogP contribution in [0.4, 0.5) is 0 Å². The van der Waals surface area contributed by atoms with Crippen molar-refractivity contribution in [2.75, 3.05) is 13.2 Å². The maximum Gasteiger partial charge on any atom is 0.271 e. The monoisotopic (exact) mass is 384 g/mol. The molecule has 140 valence electrons. The highest BCUT2D eigenvalue weighted by atomic mass is 32.1. The van der Waals surface area contributed by atoms with E-state index in [9.17, 15) is 4.79 Å². The van der Waals surface area contributed by atoms with Gasteiger partial charge in [-0.15, -0.1) is 0 Å². The lowest BCUT2D eigenvalue weighted by atomic mass is 10.2. The molecule has 0 atom stereocenters. The van der Waals surface area contributed by atoms with Crippen molar-refractivity contribution >= 4 is 35.4 Å². The van der Waals surface area contributed by atoms with Gasteiger partial charge in [-0.2, -0.15) is 5.10 Å². The van der Waals surface area contributed by atoms with Crippen molar-refractivity contribution in [3.63, 3.8) is 0 Å². The summed E-state index contributed by atoms with van der Waals surface area (Å²) < 4.78 is 11.6. The lowest BCUT2D eigenvalue weighted by Gasteiger charge is -2.11. The second-order valence-electron chi connectivity index (χ2n) is 5.61. The highest BCUT2D eigenvalue weighted by Crippen LogP contribution is 2.27. The molecule has 3 rings (SSSR count). The van der Waals surface area contributed by atoms with Crippen molar-refractivity contribution in [1.29, 1.82) is 0 Å². The van der Waals surface area contributed by atoms with Crippen LogP contribution in [-0.4, -0.2) is 35.3 Å². The molecule has 8 heteroatoms. The van der Waals surface area contributed by atoms with Gasteiger partial charge in [-0.1, -0.05) is 0 Å². The van der Waals surface area contributed by atoms with E-state index < -0.39 is 0 Å². The van der Waals surface area contributed by atoms with Crippen molar-refractivity contribution in [2.45, 2.75) is 13.8 Å². The first-order valence-electron chi connectivity index (χ1n) is 8.55. The fourth-order valence-electron chi connectivity index (χ4n) is 2.55. The summed E-state index contributed by atoms with van der Waals surface area (Å²) in [4.78, 5) is 18.3. The summed E-state index contributed by atoms with van der Waals surface area (Å²) >= 11 is 5.05. The Labute approximate surface area is 161 Å². The third kappa shape index (κ3) is 4.53. The van der Waals surface area contributed by atoms with E-state index in [0.717, 1.165) is 16.6 Å². The largest absolute Gasteiger partial charge is 0.490 e. The van der Waals surface area contributed by atoms with Crippen molar-refractivity contribution in [2.24, 2.45) is 5.10 Å². The molecular weight excluding hydrogens is 364 g/mol. The van der Waals surface area contributed by atoms with E-state index in [0.29, 0.717) is 35.0 Å². The summed E-state index contributed by atoms with van der Waals surface area (Å²) in [7, 11) is 0. The minimum Gasteiger partial charge on any atom is -0.490 e. The van der Waals surface area contributed by atoms with Crippen LogP contribution in [0.15, 0.2) is 41.5 Å². The highest BCUT2D eigenvalue weighted by molar-refractivity contribution is 7.71. The van der Waals surface area contributed by atoms with Crippen molar-refractivity contribution in [3.05, 3.63) is 52.3 Å². The van der Waals surface area contributed by atoms with E-state index in [4.69, 9.17) is 21.7 Å². The van der Waals surface area contributed by atoms with E-state index in [-0.39, 0.29) is 5.91 Å². The van der Waals surface area contributed by atoms with Crippen LogP contribution in [0.1, 0.15) is 29.8 Å². The van der Waals surface area contributed by atoms with Gasteiger partial charge in [0.2, 0.25) is 0 Å². The number of hydrogen-bond acceptors (Lipinski definition) is 5. The van der Waals surface area contributed by atoms with Crippen LogP contribution in [0.3, 0.4) is 0 Å². The van der Waals surface area contributed by atoms with Crippen LogP contribution in [0.2, 0.25) is 0 Å². The summed E-state index contributed by atoms with van der Waals surface area (Å²) in [6.45, 7) is 4.91. The first kappa shape index (κ1) is 18.7. The number of carbonyl (C=O) groups excluding carboxylic acids is 1. The van der Waals surface area contributed by atoms with Crippen LogP contribution in [0.25, 0.3) is 11.0 Å². The van der Waals surface area contributed by atoms with Gasteiger partial charge in [-0.05, 0) is 68.0 Å². The van der Waals surface area contributed by atoms with E-state index in [1.54, 1.807) is 24.4 Å². The predicted molar refractivity (Wildman–Crippen MR) is 107 cm³/mol. The third-order valence-electron chi connectivity index (χ3n) is 3.73. The summed E-state index contributed by atoms with van der Waals surface area (Å²) in [6.07, 6.45) is 1.55. The Balaban J connectivity index is 1.70. The number of H-pyrrole nitrogens is 2. The summed E-state index contributed by atoms with van der Waals surface area (Å²) in [6, 6.07) is 10.7. The highest BCUT2D eigenvalue weighted by Gasteiger charge is 2.07. The molecule has 1 aromatic heterocycles. The number of carbonyl (C=O) groups is 1. The molecule has 1 heterocycles. The van der Waals surface area contributed by atoms with Gasteiger partial charge in [-0.3, -0.25) is 4.79 Å². The van der Waals surface area contributed by atoms with Crippen molar-refractivity contribution in [3.8, 4) is 11.5 Å². The quantitative estimate of drug-likeness (QED) is 0.328. The number of nitrogens with one attached hydrogen (secondary N) is 3. The number of hydrazone groups is 1. The topological polar surface area (TPSA) is 91.5 Å². The molecule has 0 unspecified atom stereocenters. The fourth-order valence-corrected chi connectivity index (χ4v) is 2.77. The molecule has 7 nitrogen and oxygen atoms in total. The van der Waals surface area contributed by atoms with Gasteiger partial charge < -0.3 is 19.4 Å². The average molecular weight is 384 g/mol. The molecule has 0 aliphatic rings. The molecule has 0 radical (unpaired) electrons. The van der Waals surface area contributed by atoms with Gasteiger partial charge in [0.25, 0.3) is 5.91 Å². The smallest absolute Gasteiger partial charge is 0.271 e. The zero-order chi connectivity index (χ0) is 19.2. The maximum absolute atomic E-state index is 12.3. The number of aromatic nitrogens is 2. The van der Waals surface area contributed by atoms with Crippen LogP contribution in [0, 0.1) is 4.77 Å². The van der Waals surface area contributed by atoms with E-state index in [1.807, 2.05) is 32.0 Å². The molecule has 1 amide bonds. The molecule has 3 aromatic rings. The number of rotatable bonds is 7. The lowest BCUT2D eigenvalue weighted by molar-refractivity contribution is 0.0955. The molecule has 0 saturated carbocycles. The second kappa shape index (κ2) is 8.50. The van der Waals surface area contributed by atoms with Crippen LogP contribution >= 0.6 is 12.2 Å². The van der Waals surface area contributed by atoms with Gasteiger partial charge >= 0.3 is 0 Å². The average Bonchev–Trinajstić information content (AvgIpc) is 3.03. The standard InChI is InChI=1S/C19H20N4O3S/c1-3-25-16-8-5-12(9-17(16)26-4-2)11-20-23-18(24)13-6-7-14-15(10-13)22-19(27)21-14/h5-11H,3-4H2,1-2H3,(H,23,24)(H2,21,22,27)/b20-11-. The number of benzene rings is 2. The van der Waals surface area contributed by atoms with E-state index in [2.05, 4.69) is 20.5 Å². The molecule has 0 aliphatic carbocycles. The van der Waals surface area contributed by atoms with Crippen LogP contribution in [-0.2, 0) is 0 Å². The van der Waals surface area contributed by atoms with E-state index >= 15 is 0 Å². The fraction of sp³-hybridized carbons (Fsp3) is 0.211. The van der Waals surface area contributed by atoms with Gasteiger partial charge in [0.15, 0.2) is 16.3 Å². The summed E-state index contributed by atoms with van der Waals surface area (Å²) in [5.74, 6) is 1.00. The number of imidazole rings is 1. The Morgan fingerprint density at radius 1 is 1.07 bits per heavy atom. The second-order valence-corrected chi connectivity index (χ2v) is 6.02. The van der Waals surface area contributed by atoms with Gasteiger partial charge in [0.05, 0.1) is 30.5 Å². The van der Waals surface area contributed by atoms with E-state index in [1.165, 1.54) is 0 Å². The van der Waals surface area contributed by atoms with Crippen LogP contribution in [0.5, 0.6) is 11.5 Å².